The van der Waals surface area contributed by atoms with Crippen molar-refractivity contribution in [1.82, 2.24) is 5.06 Å². The summed E-state index contributed by atoms with van der Waals surface area (Å²) in [4.78, 5) is 26.4. The van der Waals surface area contributed by atoms with Crippen molar-refractivity contribution < 1.29 is 19.2 Å². The van der Waals surface area contributed by atoms with Crippen LogP contribution in [-0.4, -0.2) is 37.3 Å². The Labute approximate surface area is 80.9 Å². The molecule has 2 N–H and O–H groups in total. The fourth-order valence-corrected chi connectivity index (χ4v) is 0.610. The highest BCUT2D eigenvalue weighted by atomic mass is 16.7. The smallest absolute Gasteiger partial charge is 0.346 e. The van der Waals surface area contributed by atoms with Crippen molar-refractivity contribution in [2.45, 2.75) is 6.42 Å². The first-order valence-electron chi connectivity index (χ1n) is 3.74. The zero-order valence-electron chi connectivity index (χ0n) is 7.73. The molecule has 0 heterocycles. The second-order valence-corrected chi connectivity index (χ2v) is 2.19. The average molecular weight is 201 g/mol. The summed E-state index contributed by atoms with van der Waals surface area (Å²) in [6.45, 7) is 0.222. The van der Waals surface area contributed by atoms with Gasteiger partial charge in [0.1, 0.15) is 6.42 Å². The number of ether oxygens (including phenoxy) is 1. The van der Waals surface area contributed by atoms with Crippen molar-refractivity contribution in [3.8, 4) is 6.07 Å². The van der Waals surface area contributed by atoms with E-state index in [2.05, 4.69) is 4.74 Å². The number of hydrogen-bond donors (Lipinski definition) is 1. The van der Waals surface area contributed by atoms with Gasteiger partial charge in [-0.25, -0.2) is 4.79 Å². The molecule has 0 bridgehead atoms. The lowest BCUT2D eigenvalue weighted by Gasteiger charge is -2.15. The number of nitrogens with zero attached hydrogens (tertiary/aromatic N) is 2. The van der Waals surface area contributed by atoms with Crippen molar-refractivity contribution in [1.29, 1.82) is 5.26 Å². The Kier molecular flexibility index (Phi) is 6.02. The molecule has 0 spiro atoms. The molecule has 7 heteroatoms. The summed E-state index contributed by atoms with van der Waals surface area (Å²) < 4.78 is 4.63. The molecule has 7 nitrogen and oxygen atoms in total. The van der Waals surface area contributed by atoms with Gasteiger partial charge in [0, 0.05) is 7.11 Å². The van der Waals surface area contributed by atoms with Gasteiger partial charge in [0.2, 0.25) is 0 Å². The monoisotopic (exact) mass is 201 g/mol. The Morgan fingerprint density at radius 3 is 2.57 bits per heavy atom. The third kappa shape index (κ3) is 4.39. The van der Waals surface area contributed by atoms with Crippen molar-refractivity contribution >= 4 is 11.9 Å². The first kappa shape index (κ1) is 12.3. The number of rotatable bonds is 5. The minimum Gasteiger partial charge on any atom is -0.382 e. The second kappa shape index (κ2) is 6.82. The molecular weight excluding hydrogens is 190 g/mol. The van der Waals surface area contributed by atoms with Crippen LogP contribution in [0, 0.1) is 11.3 Å². The fourth-order valence-electron chi connectivity index (χ4n) is 0.610. The number of amides is 3. The van der Waals surface area contributed by atoms with Crippen LogP contribution in [0.5, 0.6) is 0 Å². The lowest BCUT2D eigenvalue weighted by atomic mass is 10.4. The molecule has 0 aliphatic heterocycles. The molecule has 0 aliphatic carbocycles. The van der Waals surface area contributed by atoms with Gasteiger partial charge in [-0.05, 0) is 0 Å². The number of hydroxylamine groups is 2. The highest BCUT2D eigenvalue weighted by Crippen LogP contribution is 1.95. The lowest BCUT2D eigenvalue weighted by Crippen LogP contribution is -2.41. The van der Waals surface area contributed by atoms with E-state index < -0.39 is 18.4 Å². The number of methoxy groups -OCH3 is 1. The summed E-state index contributed by atoms with van der Waals surface area (Å²) in [6.07, 6.45) is -0.462. The van der Waals surface area contributed by atoms with E-state index in [1.165, 1.54) is 7.11 Å². The van der Waals surface area contributed by atoms with Crippen LogP contribution >= 0.6 is 0 Å². The minimum atomic E-state index is -1.05. The minimum absolute atomic E-state index is 0.0105. The van der Waals surface area contributed by atoms with Crippen LogP contribution < -0.4 is 5.73 Å². The number of imide groups is 1. The third-order valence-corrected chi connectivity index (χ3v) is 1.16. The van der Waals surface area contributed by atoms with Crippen LogP contribution in [0.1, 0.15) is 6.42 Å². The lowest BCUT2D eigenvalue weighted by molar-refractivity contribution is -0.169. The van der Waals surface area contributed by atoms with Gasteiger partial charge in [0.15, 0.2) is 0 Å². The van der Waals surface area contributed by atoms with Gasteiger partial charge in [0.05, 0.1) is 19.3 Å². The van der Waals surface area contributed by atoms with E-state index in [0.717, 1.165) is 0 Å². The zero-order chi connectivity index (χ0) is 11.0. The van der Waals surface area contributed by atoms with Crippen molar-refractivity contribution in [2.75, 3.05) is 20.3 Å². The van der Waals surface area contributed by atoms with Gasteiger partial charge in [-0.2, -0.15) is 5.26 Å². The van der Waals surface area contributed by atoms with E-state index in [0.29, 0.717) is 5.06 Å². The highest BCUT2D eigenvalue weighted by molar-refractivity contribution is 5.93. The van der Waals surface area contributed by atoms with E-state index in [1.54, 1.807) is 6.07 Å². The SMILES string of the molecule is COCCON(C(N)=O)C(=O)CC#N. The van der Waals surface area contributed by atoms with E-state index in [4.69, 9.17) is 15.8 Å². The summed E-state index contributed by atoms with van der Waals surface area (Å²) in [5, 5.41) is 8.56. The van der Waals surface area contributed by atoms with Gasteiger partial charge in [-0.15, -0.1) is 5.06 Å². The molecule has 0 unspecified atom stereocenters. The molecule has 0 saturated heterocycles. The molecular formula is C7H11N3O4. The Morgan fingerprint density at radius 2 is 2.14 bits per heavy atom. The molecule has 0 saturated carbocycles. The Morgan fingerprint density at radius 1 is 1.50 bits per heavy atom. The number of primary amides is 1. The maximum atomic E-state index is 11.0. The molecule has 0 radical (unpaired) electrons. The van der Waals surface area contributed by atoms with Crippen LogP contribution in [0.2, 0.25) is 0 Å². The number of carbonyl (C=O) groups excluding carboxylic acids is 2. The molecule has 0 aromatic heterocycles. The van der Waals surface area contributed by atoms with E-state index in [9.17, 15) is 9.59 Å². The average Bonchev–Trinajstić information content (AvgIpc) is 2.12. The van der Waals surface area contributed by atoms with Gasteiger partial charge in [-0.1, -0.05) is 0 Å². The molecule has 0 atom stereocenters. The zero-order valence-corrected chi connectivity index (χ0v) is 7.73. The molecule has 14 heavy (non-hydrogen) atoms. The van der Waals surface area contributed by atoms with Crippen molar-refractivity contribution in [2.24, 2.45) is 5.73 Å². The Hall–Kier alpha value is -1.65. The fraction of sp³-hybridized carbons (Fsp3) is 0.571. The molecule has 0 rings (SSSR count). The van der Waals surface area contributed by atoms with Crippen molar-refractivity contribution in [3.05, 3.63) is 0 Å². The van der Waals surface area contributed by atoms with Gasteiger partial charge >= 0.3 is 6.03 Å². The molecule has 3 amide bonds. The van der Waals surface area contributed by atoms with Gasteiger partial charge in [0.25, 0.3) is 5.91 Å². The largest absolute Gasteiger partial charge is 0.382 e. The van der Waals surface area contributed by atoms with Crippen LogP contribution in [0.25, 0.3) is 0 Å². The summed E-state index contributed by atoms with van der Waals surface area (Å²) in [6, 6.07) is 0.529. The number of nitriles is 1. The number of nitrogens with two attached hydrogens (primary N) is 1. The quantitative estimate of drug-likeness (QED) is 0.471. The summed E-state index contributed by atoms with van der Waals surface area (Å²) in [5.74, 6) is -0.795. The number of hydrogen-bond acceptors (Lipinski definition) is 5. The number of urea groups is 1. The highest BCUT2D eigenvalue weighted by Gasteiger charge is 2.19. The van der Waals surface area contributed by atoms with E-state index >= 15 is 0 Å². The molecule has 0 aromatic rings. The van der Waals surface area contributed by atoms with Crippen LogP contribution in [0.4, 0.5) is 4.79 Å². The van der Waals surface area contributed by atoms with Crippen LogP contribution in [0.15, 0.2) is 0 Å². The molecule has 78 valence electrons. The second-order valence-electron chi connectivity index (χ2n) is 2.19. The van der Waals surface area contributed by atoms with Crippen LogP contribution in [0.3, 0.4) is 0 Å². The van der Waals surface area contributed by atoms with E-state index in [-0.39, 0.29) is 13.2 Å². The predicted octanol–water partition coefficient (Wildman–Crippen LogP) is -0.615. The van der Waals surface area contributed by atoms with Gasteiger partial charge in [-0.3, -0.25) is 9.63 Å². The molecule has 0 aliphatic rings. The molecule has 0 fully saturated rings. The number of carbonyl (C=O) groups is 2. The maximum absolute atomic E-state index is 11.0. The predicted molar refractivity (Wildman–Crippen MR) is 44.5 cm³/mol. The standard InChI is InChI=1S/C7H11N3O4/c1-13-4-5-14-10(7(9)12)6(11)2-3-8/h2,4-5H2,1H3,(H2,9,12). The third-order valence-electron chi connectivity index (χ3n) is 1.16. The van der Waals surface area contributed by atoms with Crippen molar-refractivity contribution in [3.63, 3.8) is 0 Å². The summed E-state index contributed by atoms with van der Waals surface area (Å²) in [5.41, 5.74) is 4.84. The Bertz CT molecular complexity index is 248. The van der Waals surface area contributed by atoms with Crippen LogP contribution in [-0.2, 0) is 14.4 Å². The normalized spacial score (nSPS) is 9.14. The summed E-state index contributed by atoms with van der Waals surface area (Å²) >= 11 is 0. The van der Waals surface area contributed by atoms with Gasteiger partial charge < -0.3 is 10.5 Å². The maximum Gasteiger partial charge on any atom is 0.346 e. The summed E-state index contributed by atoms with van der Waals surface area (Å²) in [7, 11) is 1.44. The first-order chi connectivity index (χ1) is 6.63. The molecule has 0 aromatic carbocycles. The van der Waals surface area contributed by atoms with E-state index in [1.807, 2.05) is 0 Å². The first-order valence-corrected chi connectivity index (χ1v) is 3.74. The topological polar surface area (TPSA) is 106 Å². The Balaban J connectivity index is 4.10.